The molecule has 1 saturated heterocycles. The first-order chi connectivity index (χ1) is 15.3. The second-order valence-corrected chi connectivity index (χ2v) is 9.03. The van der Waals surface area contributed by atoms with Gasteiger partial charge in [-0.3, -0.25) is 9.59 Å². The van der Waals surface area contributed by atoms with Gasteiger partial charge in [0.05, 0.1) is 12.6 Å². The Kier molecular flexibility index (Phi) is 5.00. The van der Waals surface area contributed by atoms with Crippen LogP contribution in [0.4, 0.5) is 5.69 Å². The number of fused-ring (bicyclic) bond motifs is 4. The third kappa shape index (κ3) is 3.28. The fourth-order valence-electron chi connectivity index (χ4n) is 5.07. The highest BCUT2D eigenvalue weighted by Crippen LogP contribution is 2.42. The minimum absolute atomic E-state index is 0.0265. The molecule has 8 nitrogen and oxygen atoms in total. The van der Waals surface area contributed by atoms with Crippen LogP contribution < -0.4 is 5.23 Å². The normalized spacial score (nSPS) is 21.8. The highest BCUT2D eigenvalue weighted by Gasteiger charge is 2.48. The van der Waals surface area contributed by atoms with E-state index >= 15 is 0 Å². The van der Waals surface area contributed by atoms with Crippen molar-refractivity contribution in [3.63, 3.8) is 0 Å². The van der Waals surface area contributed by atoms with Crippen molar-refractivity contribution in [3.8, 4) is 0 Å². The van der Waals surface area contributed by atoms with Gasteiger partial charge in [-0.05, 0) is 23.1 Å². The number of amides is 2. The topological polar surface area (TPSA) is 104 Å². The maximum atomic E-state index is 13.5. The molecule has 2 aliphatic heterocycles. The quantitative estimate of drug-likeness (QED) is 0.546. The summed E-state index contributed by atoms with van der Waals surface area (Å²) in [4.78, 5) is 33.7. The van der Waals surface area contributed by atoms with E-state index < -0.39 is 17.3 Å². The predicted octanol–water partition coefficient (Wildman–Crippen LogP) is 1.91. The number of benzene rings is 2. The third-order valence-corrected chi connectivity index (χ3v) is 6.40. The Morgan fingerprint density at radius 2 is 1.88 bits per heavy atom. The number of hydrogen-bond donors (Lipinski definition) is 3. The molecule has 3 N–H and O–H groups in total. The number of para-hydroxylation sites is 1. The van der Waals surface area contributed by atoms with Crippen LogP contribution in [-0.2, 0) is 16.0 Å². The van der Waals surface area contributed by atoms with E-state index in [1.54, 1.807) is 34.1 Å². The van der Waals surface area contributed by atoms with Crippen molar-refractivity contribution in [3.05, 3.63) is 70.6 Å². The van der Waals surface area contributed by atoms with Crippen LogP contribution in [0.15, 0.2) is 48.5 Å². The number of aromatic amines is 1. The van der Waals surface area contributed by atoms with Crippen molar-refractivity contribution in [2.75, 3.05) is 13.1 Å². The lowest BCUT2D eigenvalue weighted by Crippen LogP contribution is -2.99. The molecule has 2 aromatic carbocycles. The molecule has 0 spiro atoms. The Morgan fingerprint density at radius 1 is 1.16 bits per heavy atom. The molecule has 3 unspecified atom stereocenters. The van der Waals surface area contributed by atoms with Gasteiger partial charge in [-0.15, -0.1) is 0 Å². The van der Waals surface area contributed by atoms with Crippen LogP contribution in [-0.4, -0.2) is 50.9 Å². The Bertz CT molecular complexity index is 1180. The predicted molar refractivity (Wildman–Crippen MR) is 118 cm³/mol. The lowest BCUT2D eigenvalue weighted by Gasteiger charge is -2.47. The largest absolute Gasteiger partial charge is 0.595 e. The van der Waals surface area contributed by atoms with Crippen LogP contribution in [0.2, 0.25) is 0 Å². The fourth-order valence-corrected chi connectivity index (χ4v) is 5.07. The summed E-state index contributed by atoms with van der Waals surface area (Å²) in [6.07, 6.45) is 0.461. The summed E-state index contributed by atoms with van der Waals surface area (Å²) in [5.41, 5.74) is 3.86. The van der Waals surface area contributed by atoms with Gasteiger partial charge in [0.25, 0.3) is 0 Å². The van der Waals surface area contributed by atoms with Crippen molar-refractivity contribution in [1.29, 1.82) is 0 Å². The summed E-state index contributed by atoms with van der Waals surface area (Å²) in [7, 11) is 0. The molecule has 0 radical (unpaired) electrons. The molecule has 5 rings (SSSR count). The number of hydrogen-bond acceptors (Lipinski definition) is 4. The van der Waals surface area contributed by atoms with Crippen LogP contribution >= 0.6 is 0 Å². The van der Waals surface area contributed by atoms with Crippen LogP contribution in [0.5, 0.6) is 0 Å². The van der Waals surface area contributed by atoms with E-state index in [4.69, 9.17) is 0 Å². The van der Waals surface area contributed by atoms with Gasteiger partial charge in [0.2, 0.25) is 11.8 Å². The first kappa shape index (κ1) is 20.7. The molecule has 0 aliphatic carbocycles. The van der Waals surface area contributed by atoms with E-state index in [0.29, 0.717) is 13.0 Å². The molecule has 3 aromatic rings. The van der Waals surface area contributed by atoms with Gasteiger partial charge in [-0.2, -0.15) is 5.23 Å². The second kappa shape index (κ2) is 7.74. The summed E-state index contributed by atoms with van der Waals surface area (Å²) < 4.78 is 0. The number of rotatable bonds is 4. The van der Waals surface area contributed by atoms with Crippen molar-refractivity contribution >= 4 is 28.4 Å². The molecule has 32 heavy (non-hydrogen) atoms. The van der Waals surface area contributed by atoms with E-state index in [-0.39, 0.29) is 30.0 Å². The maximum absolute atomic E-state index is 13.5. The van der Waals surface area contributed by atoms with Crippen LogP contribution in [0.25, 0.3) is 10.9 Å². The van der Waals surface area contributed by atoms with Crippen molar-refractivity contribution in [1.82, 2.24) is 14.8 Å². The first-order valence-corrected chi connectivity index (χ1v) is 10.9. The monoisotopic (exact) mass is 434 g/mol. The summed E-state index contributed by atoms with van der Waals surface area (Å²) in [6, 6.07) is 13.5. The SMILES string of the molecule is CC(C)CN1CC(=O)N2C(Cc3c([nH]c4ccccc34)C2c2ccc([NH+]([O-])O)cc2)C1=O. The number of carbonyl (C=O) groups is 2. The summed E-state index contributed by atoms with van der Waals surface area (Å²) in [5, 5.41) is 20.7. The number of nitrogens with one attached hydrogen (secondary N) is 2. The van der Waals surface area contributed by atoms with Gasteiger partial charge in [-0.25, -0.2) is 5.21 Å². The fraction of sp³-hybridized carbons (Fsp3) is 0.333. The zero-order valence-corrected chi connectivity index (χ0v) is 18.0. The standard InChI is InChI=1S/C24H26N4O4/c1-14(2)12-26-13-21(29)27-20(24(26)30)11-18-17-5-3-4-6-19(17)25-22(18)23(27)15-7-9-16(10-8-15)28(31)32/h3-10,14,20,23,25,28,31H,11-13H2,1-2H3. The molecule has 0 saturated carbocycles. The minimum atomic E-state index is -1.00. The van der Waals surface area contributed by atoms with E-state index in [1.165, 1.54) is 0 Å². The summed E-state index contributed by atoms with van der Waals surface area (Å²) >= 11 is 0. The molecule has 2 aliphatic rings. The molecule has 1 aromatic heterocycles. The molecule has 2 amide bonds. The van der Waals surface area contributed by atoms with Crippen LogP contribution in [0, 0.1) is 11.1 Å². The third-order valence-electron chi connectivity index (χ3n) is 6.40. The molecule has 3 atom stereocenters. The summed E-state index contributed by atoms with van der Waals surface area (Å²) in [5.74, 6) is 0.151. The average Bonchev–Trinajstić information content (AvgIpc) is 3.14. The molecular weight excluding hydrogens is 408 g/mol. The zero-order chi connectivity index (χ0) is 22.6. The molecule has 166 valence electrons. The van der Waals surface area contributed by atoms with E-state index in [0.717, 1.165) is 27.7 Å². The number of piperazine rings is 1. The van der Waals surface area contributed by atoms with Gasteiger partial charge in [0.1, 0.15) is 6.04 Å². The van der Waals surface area contributed by atoms with Crippen LogP contribution in [0.3, 0.4) is 0 Å². The minimum Gasteiger partial charge on any atom is -0.595 e. The Morgan fingerprint density at radius 3 is 2.56 bits per heavy atom. The van der Waals surface area contributed by atoms with Crippen molar-refractivity contribution < 1.29 is 20.0 Å². The molecule has 1 fully saturated rings. The molecular formula is C24H26N4O4. The average molecular weight is 434 g/mol. The lowest BCUT2D eigenvalue weighted by molar-refractivity contribution is -0.991. The maximum Gasteiger partial charge on any atom is 0.246 e. The van der Waals surface area contributed by atoms with Gasteiger partial charge in [0, 0.05) is 41.7 Å². The van der Waals surface area contributed by atoms with Crippen LogP contribution in [0.1, 0.15) is 36.7 Å². The molecule has 8 heteroatoms. The highest BCUT2D eigenvalue weighted by molar-refractivity contribution is 5.97. The lowest BCUT2D eigenvalue weighted by atomic mass is 9.86. The van der Waals surface area contributed by atoms with Gasteiger partial charge in [0.15, 0.2) is 5.69 Å². The second-order valence-electron chi connectivity index (χ2n) is 9.03. The van der Waals surface area contributed by atoms with Gasteiger partial charge in [-0.1, -0.05) is 44.2 Å². The molecule has 3 heterocycles. The van der Waals surface area contributed by atoms with Gasteiger partial charge >= 0.3 is 0 Å². The number of H-pyrrole nitrogens is 1. The van der Waals surface area contributed by atoms with E-state index in [1.807, 2.05) is 38.1 Å². The molecule has 0 bridgehead atoms. The van der Waals surface area contributed by atoms with E-state index in [2.05, 4.69) is 4.98 Å². The van der Waals surface area contributed by atoms with Crippen molar-refractivity contribution in [2.24, 2.45) is 5.92 Å². The Balaban J connectivity index is 1.65. The Labute approximate surface area is 185 Å². The van der Waals surface area contributed by atoms with E-state index in [9.17, 15) is 20.0 Å². The smallest absolute Gasteiger partial charge is 0.246 e. The van der Waals surface area contributed by atoms with Gasteiger partial charge < -0.3 is 20.0 Å². The Hall–Kier alpha value is -3.20. The number of carbonyl (C=O) groups excluding carboxylic acids is 2. The number of quaternary nitrogens is 1. The zero-order valence-electron chi connectivity index (χ0n) is 18.0. The highest BCUT2D eigenvalue weighted by atomic mass is 16.8. The number of nitrogens with zero attached hydrogens (tertiary/aromatic N) is 2. The van der Waals surface area contributed by atoms with Crippen molar-refractivity contribution in [2.45, 2.75) is 32.4 Å². The summed E-state index contributed by atoms with van der Waals surface area (Å²) in [6.45, 7) is 4.69. The first-order valence-electron chi connectivity index (χ1n) is 10.9. The number of aromatic nitrogens is 1.